The Labute approximate surface area is 153 Å². The molecule has 2 rings (SSSR count). The van der Waals surface area contributed by atoms with E-state index in [4.69, 9.17) is 33.3 Å². The van der Waals surface area contributed by atoms with Gasteiger partial charge in [0.2, 0.25) is 0 Å². The van der Waals surface area contributed by atoms with Crippen molar-refractivity contribution in [3.8, 4) is 11.5 Å². The molecule has 0 saturated carbocycles. The molecule has 128 valence electrons. The third-order valence-electron chi connectivity index (χ3n) is 3.50. The molecule has 0 aliphatic rings. The summed E-state index contributed by atoms with van der Waals surface area (Å²) < 4.78 is 10.3. The minimum Gasteiger partial charge on any atom is -0.497 e. The average Bonchev–Trinajstić information content (AvgIpc) is 2.59. The molecule has 0 saturated heterocycles. The lowest BCUT2D eigenvalue weighted by Crippen LogP contribution is -2.29. The quantitative estimate of drug-likeness (QED) is 0.567. The van der Waals surface area contributed by atoms with E-state index in [9.17, 15) is 0 Å². The molecule has 24 heavy (non-hydrogen) atoms. The summed E-state index contributed by atoms with van der Waals surface area (Å²) in [7, 11) is 3.26. The Bertz CT molecular complexity index is 677. The highest BCUT2D eigenvalue weighted by atomic mass is 35.5. The fourth-order valence-electron chi connectivity index (χ4n) is 2.21. The van der Waals surface area contributed by atoms with Gasteiger partial charge in [-0.3, -0.25) is 0 Å². The third-order valence-corrected chi connectivity index (χ3v) is 4.04. The first-order valence-corrected chi connectivity index (χ1v) is 8.42. The van der Waals surface area contributed by atoms with Gasteiger partial charge >= 0.3 is 0 Å². The molecule has 0 aliphatic carbocycles. The normalized spacial score (nSPS) is 10.1. The van der Waals surface area contributed by atoms with Crippen molar-refractivity contribution in [1.82, 2.24) is 5.32 Å². The van der Waals surface area contributed by atoms with E-state index in [2.05, 4.69) is 22.8 Å². The lowest BCUT2D eigenvalue weighted by molar-refractivity contribution is 0.414. The SMILES string of the molecule is COc1ccc(CCCNC(=S)Nc2ccc(OC)c(Cl)c2)cc1. The number of halogens is 1. The number of hydrogen-bond acceptors (Lipinski definition) is 3. The van der Waals surface area contributed by atoms with Crippen LogP contribution in [0.5, 0.6) is 11.5 Å². The number of rotatable bonds is 7. The van der Waals surface area contributed by atoms with Crippen LogP contribution in [0.15, 0.2) is 42.5 Å². The van der Waals surface area contributed by atoms with Gasteiger partial charge in [-0.1, -0.05) is 23.7 Å². The van der Waals surface area contributed by atoms with Crippen LogP contribution in [0.4, 0.5) is 5.69 Å². The van der Waals surface area contributed by atoms with Gasteiger partial charge in [0, 0.05) is 12.2 Å². The molecule has 0 amide bonds. The van der Waals surface area contributed by atoms with E-state index in [-0.39, 0.29) is 0 Å². The van der Waals surface area contributed by atoms with Crippen molar-refractivity contribution in [2.75, 3.05) is 26.1 Å². The van der Waals surface area contributed by atoms with Crippen LogP contribution in [0.3, 0.4) is 0 Å². The smallest absolute Gasteiger partial charge is 0.170 e. The van der Waals surface area contributed by atoms with Gasteiger partial charge in [0.15, 0.2) is 5.11 Å². The average molecular weight is 365 g/mol. The molecule has 0 aliphatic heterocycles. The number of ether oxygens (including phenoxy) is 2. The van der Waals surface area contributed by atoms with Gasteiger partial charge in [-0.2, -0.15) is 0 Å². The van der Waals surface area contributed by atoms with Crippen molar-refractivity contribution in [2.45, 2.75) is 12.8 Å². The minimum absolute atomic E-state index is 0.546. The molecule has 4 nitrogen and oxygen atoms in total. The molecule has 0 unspecified atom stereocenters. The number of benzene rings is 2. The van der Waals surface area contributed by atoms with Crippen LogP contribution >= 0.6 is 23.8 Å². The van der Waals surface area contributed by atoms with Gasteiger partial charge in [-0.05, 0) is 61.0 Å². The van der Waals surface area contributed by atoms with Crippen LogP contribution in [-0.2, 0) is 6.42 Å². The summed E-state index contributed by atoms with van der Waals surface area (Å²) in [5, 5.41) is 7.43. The van der Waals surface area contributed by atoms with Gasteiger partial charge in [0.25, 0.3) is 0 Å². The van der Waals surface area contributed by atoms with E-state index in [1.807, 2.05) is 18.2 Å². The summed E-state index contributed by atoms with van der Waals surface area (Å²) in [6, 6.07) is 13.6. The molecule has 2 N–H and O–H groups in total. The van der Waals surface area contributed by atoms with E-state index >= 15 is 0 Å². The Morgan fingerprint density at radius 3 is 2.46 bits per heavy atom. The highest BCUT2D eigenvalue weighted by Gasteiger charge is 2.03. The van der Waals surface area contributed by atoms with Crippen LogP contribution in [0.25, 0.3) is 0 Å². The summed E-state index contributed by atoms with van der Waals surface area (Å²) in [6.45, 7) is 0.793. The van der Waals surface area contributed by atoms with Crippen LogP contribution in [0, 0.1) is 0 Å². The van der Waals surface area contributed by atoms with Gasteiger partial charge in [-0.15, -0.1) is 0 Å². The fraction of sp³-hybridized carbons (Fsp3) is 0.278. The maximum Gasteiger partial charge on any atom is 0.170 e. The molecule has 0 heterocycles. The summed E-state index contributed by atoms with van der Waals surface area (Å²) in [5.74, 6) is 1.51. The lowest BCUT2D eigenvalue weighted by atomic mass is 10.1. The van der Waals surface area contributed by atoms with Gasteiger partial charge in [0.05, 0.1) is 19.2 Å². The fourth-order valence-corrected chi connectivity index (χ4v) is 2.68. The number of aryl methyl sites for hydroxylation is 1. The van der Waals surface area contributed by atoms with E-state index in [0.717, 1.165) is 30.8 Å². The Morgan fingerprint density at radius 1 is 1.08 bits per heavy atom. The van der Waals surface area contributed by atoms with Crippen molar-refractivity contribution < 1.29 is 9.47 Å². The summed E-state index contributed by atoms with van der Waals surface area (Å²) in [6.07, 6.45) is 1.96. The predicted molar refractivity (Wildman–Crippen MR) is 104 cm³/mol. The zero-order valence-electron chi connectivity index (χ0n) is 13.8. The topological polar surface area (TPSA) is 42.5 Å². The number of anilines is 1. The van der Waals surface area contributed by atoms with Gasteiger partial charge in [0.1, 0.15) is 11.5 Å². The van der Waals surface area contributed by atoms with Gasteiger partial charge < -0.3 is 20.1 Å². The van der Waals surface area contributed by atoms with Crippen molar-refractivity contribution in [1.29, 1.82) is 0 Å². The van der Waals surface area contributed by atoms with Crippen LogP contribution in [0.1, 0.15) is 12.0 Å². The summed E-state index contributed by atoms with van der Waals surface area (Å²) in [4.78, 5) is 0. The first-order chi connectivity index (χ1) is 11.6. The summed E-state index contributed by atoms with van der Waals surface area (Å²) in [5.41, 5.74) is 2.10. The van der Waals surface area contributed by atoms with Crippen LogP contribution in [-0.4, -0.2) is 25.9 Å². The maximum absolute atomic E-state index is 6.09. The van der Waals surface area contributed by atoms with E-state index in [0.29, 0.717) is 15.9 Å². The summed E-state index contributed by atoms with van der Waals surface area (Å²) >= 11 is 11.4. The van der Waals surface area contributed by atoms with Crippen molar-refractivity contribution in [2.24, 2.45) is 0 Å². The Hall–Kier alpha value is -1.98. The highest BCUT2D eigenvalue weighted by molar-refractivity contribution is 7.80. The molecule has 6 heteroatoms. The van der Waals surface area contributed by atoms with Crippen molar-refractivity contribution in [3.05, 3.63) is 53.1 Å². The highest BCUT2D eigenvalue weighted by Crippen LogP contribution is 2.27. The predicted octanol–water partition coefficient (Wildman–Crippen LogP) is 4.28. The molecule has 2 aromatic carbocycles. The largest absolute Gasteiger partial charge is 0.497 e. The monoisotopic (exact) mass is 364 g/mol. The Kier molecular flexibility index (Phi) is 7.15. The number of methoxy groups -OCH3 is 2. The standard InChI is InChI=1S/C18H21ClN2O2S/c1-22-15-8-5-13(6-9-15)4-3-11-20-18(24)21-14-7-10-17(23-2)16(19)12-14/h5-10,12H,3-4,11H2,1-2H3,(H2,20,21,24). The zero-order valence-corrected chi connectivity index (χ0v) is 15.3. The Balaban J connectivity index is 1.72. The maximum atomic E-state index is 6.09. The van der Waals surface area contributed by atoms with Crippen molar-refractivity contribution in [3.63, 3.8) is 0 Å². The second-order valence-electron chi connectivity index (χ2n) is 5.18. The van der Waals surface area contributed by atoms with E-state index in [1.165, 1.54) is 5.56 Å². The van der Waals surface area contributed by atoms with Crippen LogP contribution in [0.2, 0.25) is 5.02 Å². The Morgan fingerprint density at radius 2 is 1.83 bits per heavy atom. The minimum atomic E-state index is 0.546. The molecule has 0 spiro atoms. The number of nitrogens with one attached hydrogen (secondary N) is 2. The molecule has 0 fully saturated rings. The molecule has 0 aromatic heterocycles. The van der Waals surface area contributed by atoms with Crippen molar-refractivity contribution >= 4 is 34.6 Å². The third kappa shape index (κ3) is 5.58. The molecule has 0 bridgehead atoms. The van der Waals surface area contributed by atoms with E-state index in [1.54, 1.807) is 26.4 Å². The molecular formula is C18H21ClN2O2S. The number of thiocarbonyl (C=S) groups is 1. The molecule has 0 radical (unpaired) electrons. The number of hydrogen-bond donors (Lipinski definition) is 2. The van der Waals surface area contributed by atoms with Crippen LogP contribution < -0.4 is 20.1 Å². The zero-order chi connectivity index (χ0) is 17.4. The molecule has 2 aromatic rings. The van der Waals surface area contributed by atoms with E-state index < -0.39 is 0 Å². The first kappa shape index (κ1) is 18.4. The second kappa shape index (κ2) is 9.35. The van der Waals surface area contributed by atoms with Gasteiger partial charge in [-0.25, -0.2) is 0 Å². The second-order valence-corrected chi connectivity index (χ2v) is 6.00. The molecule has 0 atom stereocenters. The molecular weight excluding hydrogens is 344 g/mol. The lowest BCUT2D eigenvalue weighted by Gasteiger charge is -2.12. The first-order valence-electron chi connectivity index (χ1n) is 7.63.